The lowest BCUT2D eigenvalue weighted by molar-refractivity contribution is -0.128. The SMILES string of the molecule is CN=C(NCC(C)(C)C(=O)NC)NC1CCN(c2ccc(C)cn2)CC1.I. The van der Waals surface area contributed by atoms with Crippen molar-refractivity contribution in [2.45, 2.75) is 39.7 Å². The van der Waals surface area contributed by atoms with Crippen molar-refractivity contribution in [1.29, 1.82) is 0 Å². The van der Waals surface area contributed by atoms with Gasteiger partial charge in [-0.3, -0.25) is 9.79 Å². The van der Waals surface area contributed by atoms with Crippen LogP contribution in [0.25, 0.3) is 0 Å². The zero-order valence-corrected chi connectivity index (χ0v) is 19.3. The summed E-state index contributed by atoms with van der Waals surface area (Å²) < 4.78 is 0. The molecule has 27 heavy (non-hydrogen) atoms. The van der Waals surface area contributed by atoms with Crippen molar-refractivity contribution in [2.24, 2.45) is 10.4 Å². The summed E-state index contributed by atoms with van der Waals surface area (Å²) in [7, 11) is 3.42. The molecule has 0 atom stereocenters. The van der Waals surface area contributed by atoms with Crippen molar-refractivity contribution in [1.82, 2.24) is 20.9 Å². The van der Waals surface area contributed by atoms with Gasteiger partial charge >= 0.3 is 0 Å². The summed E-state index contributed by atoms with van der Waals surface area (Å²) in [4.78, 5) is 23.0. The number of halogens is 1. The predicted octanol–water partition coefficient (Wildman–Crippen LogP) is 1.91. The fourth-order valence-corrected chi connectivity index (χ4v) is 3.01. The molecule has 0 saturated carbocycles. The van der Waals surface area contributed by atoms with Gasteiger partial charge in [0.25, 0.3) is 0 Å². The fraction of sp³-hybridized carbons (Fsp3) is 0.632. The van der Waals surface area contributed by atoms with Gasteiger partial charge < -0.3 is 20.9 Å². The van der Waals surface area contributed by atoms with E-state index >= 15 is 0 Å². The predicted molar refractivity (Wildman–Crippen MR) is 122 cm³/mol. The number of aryl methyl sites for hydroxylation is 1. The standard InChI is InChI=1S/C19H32N6O.HI/c1-14-6-7-16(22-12-14)25-10-8-15(9-11-25)24-18(21-5)23-13-19(2,3)17(26)20-4;/h6-7,12,15H,8-11,13H2,1-5H3,(H,20,26)(H2,21,23,24);1H. The smallest absolute Gasteiger partial charge is 0.227 e. The van der Waals surface area contributed by atoms with Gasteiger partial charge in [0.1, 0.15) is 5.82 Å². The second-order valence-electron chi connectivity index (χ2n) is 7.49. The maximum Gasteiger partial charge on any atom is 0.227 e. The second-order valence-corrected chi connectivity index (χ2v) is 7.49. The minimum atomic E-state index is -0.493. The highest BCUT2D eigenvalue weighted by Crippen LogP contribution is 2.18. The number of anilines is 1. The molecule has 1 amide bonds. The zero-order valence-electron chi connectivity index (χ0n) is 17.0. The Balaban J connectivity index is 0.00000364. The van der Waals surface area contributed by atoms with Gasteiger partial charge in [0, 0.05) is 46.0 Å². The van der Waals surface area contributed by atoms with Gasteiger partial charge in [-0.05, 0) is 45.2 Å². The highest BCUT2D eigenvalue weighted by Gasteiger charge is 2.27. The van der Waals surface area contributed by atoms with Crippen LogP contribution in [0.2, 0.25) is 0 Å². The van der Waals surface area contributed by atoms with Gasteiger partial charge in [-0.2, -0.15) is 0 Å². The Kier molecular flexibility index (Phi) is 9.28. The van der Waals surface area contributed by atoms with Crippen LogP contribution in [-0.4, -0.2) is 56.6 Å². The summed E-state index contributed by atoms with van der Waals surface area (Å²) in [5.41, 5.74) is 0.687. The molecule has 8 heteroatoms. The van der Waals surface area contributed by atoms with E-state index in [4.69, 9.17) is 0 Å². The first-order valence-electron chi connectivity index (χ1n) is 9.22. The van der Waals surface area contributed by atoms with Crippen molar-refractivity contribution >= 4 is 41.7 Å². The highest BCUT2D eigenvalue weighted by atomic mass is 127. The van der Waals surface area contributed by atoms with Crippen molar-refractivity contribution in [3.05, 3.63) is 23.9 Å². The molecular formula is C19H33IN6O. The molecule has 2 heterocycles. The van der Waals surface area contributed by atoms with E-state index in [0.717, 1.165) is 37.7 Å². The Hall–Kier alpha value is -1.58. The molecular weight excluding hydrogens is 455 g/mol. The number of aromatic nitrogens is 1. The van der Waals surface area contributed by atoms with Crippen LogP contribution in [0.15, 0.2) is 23.3 Å². The number of carbonyl (C=O) groups excluding carboxylic acids is 1. The number of guanidine groups is 1. The first-order valence-corrected chi connectivity index (χ1v) is 9.22. The summed E-state index contributed by atoms with van der Waals surface area (Å²) in [6.07, 6.45) is 3.96. The molecule has 0 aliphatic carbocycles. The Morgan fingerprint density at radius 1 is 1.33 bits per heavy atom. The lowest BCUT2D eigenvalue weighted by atomic mass is 9.92. The Morgan fingerprint density at radius 3 is 2.52 bits per heavy atom. The molecule has 2 rings (SSSR count). The number of hydrogen-bond donors (Lipinski definition) is 3. The molecule has 1 aromatic rings. The van der Waals surface area contributed by atoms with E-state index in [1.165, 1.54) is 5.56 Å². The van der Waals surface area contributed by atoms with Crippen LogP contribution in [0.4, 0.5) is 5.82 Å². The van der Waals surface area contributed by atoms with Crippen LogP contribution in [0.5, 0.6) is 0 Å². The second kappa shape index (κ2) is 10.7. The number of amides is 1. The number of piperidine rings is 1. The molecule has 1 aliphatic heterocycles. The average molecular weight is 488 g/mol. The van der Waals surface area contributed by atoms with E-state index in [1.807, 2.05) is 20.0 Å². The molecule has 1 aromatic heterocycles. The lowest BCUT2D eigenvalue weighted by Crippen LogP contribution is -2.51. The van der Waals surface area contributed by atoms with Crippen molar-refractivity contribution in [2.75, 3.05) is 38.6 Å². The van der Waals surface area contributed by atoms with Crippen molar-refractivity contribution in [3.63, 3.8) is 0 Å². The molecule has 1 aliphatic rings. The average Bonchev–Trinajstić information content (AvgIpc) is 2.65. The summed E-state index contributed by atoms with van der Waals surface area (Å²) in [6, 6.07) is 4.56. The third-order valence-electron chi connectivity index (χ3n) is 4.82. The summed E-state index contributed by atoms with van der Waals surface area (Å²) in [5.74, 6) is 1.80. The molecule has 0 spiro atoms. The molecule has 0 bridgehead atoms. The van der Waals surface area contributed by atoms with Gasteiger partial charge in [-0.1, -0.05) is 6.07 Å². The number of nitrogens with one attached hydrogen (secondary N) is 3. The Labute approximate surface area is 179 Å². The number of nitrogens with zero attached hydrogens (tertiary/aromatic N) is 3. The Bertz CT molecular complexity index is 624. The minimum absolute atomic E-state index is 0. The maximum absolute atomic E-state index is 11.9. The quantitative estimate of drug-likeness (QED) is 0.335. The van der Waals surface area contributed by atoms with Crippen molar-refractivity contribution < 1.29 is 4.79 Å². The van der Waals surface area contributed by atoms with Gasteiger partial charge in [0.2, 0.25) is 5.91 Å². The Morgan fingerprint density at radius 2 is 2.00 bits per heavy atom. The minimum Gasteiger partial charge on any atom is -0.359 e. The van der Waals surface area contributed by atoms with Gasteiger partial charge in [0.05, 0.1) is 5.41 Å². The summed E-state index contributed by atoms with van der Waals surface area (Å²) in [5, 5.41) is 9.45. The van der Waals surface area contributed by atoms with Crippen LogP contribution in [0.3, 0.4) is 0 Å². The van der Waals surface area contributed by atoms with E-state index < -0.39 is 5.41 Å². The van der Waals surface area contributed by atoms with Crippen LogP contribution in [0.1, 0.15) is 32.3 Å². The zero-order chi connectivity index (χ0) is 19.2. The number of hydrogen-bond acceptors (Lipinski definition) is 4. The summed E-state index contributed by atoms with van der Waals surface area (Å²) in [6.45, 7) is 8.34. The molecule has 1 fully saturated rings. The first kappa shape index (κ1) is 23.5. The van der Waals surface area contributed by atoms with Crippen LogP contribution >= 0.6 is 24.0 Å². The van der Waals surface area contributed by atoms with Gasteiger partial charge in [0.15, 0.2) is 5.96 Å². The largest absolute Gasteiger partial charge is 0.359 e. The van der Waals surface area contributed by atoms with E-state index in [-0.39, 0.29) is 29.9 Å². The maximum atomic E-state index is 11.9. The number of carbonyl (C=O) groups is 1. The molecule has 7 nitrogen and oxygen atoms in total. The molecule has 3 N–H and O–H groups in total. The van der Waals surface area contributed by atoms with Crippen LogP contribution < -0.4 is 20.9 Å². The molecule has 1 saturated heterocycles. The van der Waals surface area contributed by atoms with E-state index in [0.29, 0.717) is 12.6 Å². The normalized spacial score (nSPS) is 15.7. The number of rotatable bonds is 5. The van der Waals surface area contributed by atoms with E-state index in [1.54, 1.807) is 14.1 Å². The molecule has 0 aromatic carbocycles. The number of aliphatic imine (C=N–C) groups is 1. The highest BCUT2D eigenvalue weighted by molar-refractivity contribution is 14.0. The fourth-order valence-electron chi connectivity index (χ4n) is 3.01. The van der Waals surface area contributed by atoms with Gasteiger partial charge in [-0.25, -0.2) is 4.98 Å². The van der Waals surface area contributed by atoms with E-state index in [2.05, 4.69) is 49.9 Å². The molecule has 152 valence electrons. The number of pyridine rings is 1. The third kappa shape index (κ3) is 6.82. The molecule has 0 unspecified atom stereocenters. The van der Waals surface area contributed by atoms with Crippen LogP contribution in [-0.2, 0) is 4.79 Å². The monoisotopic (exact) mass is 488 g/mol. The lowest BCUT2D eigenvalue weighted by Gasteiger charge is -2.34. The van der Waals surface area contributed by atoms with Crippen LogP contribution in [0, 0.1) is 12.3 Å². The van der Waals surface area contributed by atoms with Crippen molar-refractivity contribution in [3.8, 4) is 0 Å². The molecule has 0 radical (unpaired) electrons. The third-order valence-corrected chi connectivity index (χ3v) is 4.82. The topological polar surface area (TPSA) is 81.6 Å². The van der Waals surface area contributed by atoms with Gasteiger partial charge in [-0.15, -0.1) is 24.0 Å². The summed E-state index contributed by atoms with van der Waals surface area (Å²) >= 11 is 0. The first-order chi connectivity index (χ1) is 12.4. The van der Waals surface area contributed by atoms with E-state index in [9.17, 15) is 4.79 Å².